The number of halogens is 2. The van der Waals surface area contributed by atoms with Gasteiger partial charge in [-0.3, -0.25) is 4.79 Å². The van der Waals surface area contributed by atoms with Crippen LogP contribution in [0.2, 0.25) is 0 Å². The average molecular weight is 391 g/mol. The van der Waals surface area contributed by atoms with E-state index in [2.05, 4.69) is 26.1 Å². The van der Waals surface area contributed by atoms with Gasteiger partial charge in [0.2, 0.25) is 5.91 Å². The highest BCUT2D eigenvalue weighted by atomic mass is 79.9. The smallest absolute Gasteiger partial charge is 0.228 e. The van der Waals surface area contributed by atoms with Crippen molar-refractivity contribution in [2.24, 2.45) is 0 Å². The summed E-state index contributed by atoms with van der Waals surface area (Å²) >= 11 is 3.40. The van der Waals surface area contributed by atoms with Crippen LogP contribution in [0.15, 0.2) is 46.9 Å². The van der Waals surface area contributed by atoms with Crippen LogP contribution in [-0.2, 0) is 11.2 Å². The van der Waals surface area contributed by atoms with Crippen LogP contribution >= 0.6 is 15.9 Å². The van der Waals surface area contributed by atoms with Gasteiger partial charge in [-0.1, -0.05) is 28.1 Å². The summed E-state index contributed by atoms with van der Waals surface area (Å²) in [7, 11) is 0. The third-order valence-corrected chi connectivity index (χ3v) is 4.68. The molecule has 1 heterocycles. The van der Waals surface area contributed by atoms with E-state index in [0.29, 0.717) is 5.69 Å². The van der Waals surface area contributed by atoms with E-state index in [0.717, 1.165) is 41.7 Å². The molecule has 3 nitrogen and oxygen atoms in total. The minimum absolute atomic E-state index is 0.142. The summed E-state index contributed by atoms with van der Waals surface area (Å²) in [5, 5.41) is 2.88. The molecule has 0 radical (unpaired) electrons. The Balaban J connectivity index is 1.75. The number of benzene rings is 2. The van der Waals surface area contributed by atoms with Crippen molar-refractivity contribution < 1.29 is 9.18 Å². The first-order valence-electron chi connectivity index (χ1n) is 8.20. The van der Waals surface area contributed by atoms with E-state index in [1.165, 1.54) is 18.6 Å². The molecule has 3 rings (SSSR count). The Morgan fingerprint density at radius 2 is 1.92 bits per heavy atom. The number of nitrogens with zero attached hydrogens (tertiary/aromatic N) is 1. The highest BCUT2D eigenvalue weighted by molar-refractivity contribution is 9.10. The van der Waals surface area contributed by atoms with E-state index in [-0.39, 0.29) is 18.1 Å². The summed E-state index contributed by atoms with van der Waals surface area (Å²) in [6.45, 7) is 1.89. The molecule has 0 bridgehead atoms. The van der Waals surface area contributed by atoms with Crippen LogP contribution in [0.25, 0.3) is 0 Å². The lowest BCUT2D eigenvalue weighted by Gasteiger charge is -2.30. The molecule has 1 saturated heterocycles. The normalized spacial score (nSPS) is 14.5. The van der Waals surface area contributed by atoms with E-state index in [4.69, 9.17) is 0 Å². The Morgan fingerprint density at radius 3 is 2.67 bits per heavy atom. The quantitative estimate of drug-likeness (QED) is 0.815. The number of hydrogen-bond donors (Lipinski definition) is 1. The van der Waals surface area contributed by atoms with E-state index >= 15 is 0 Å². The molecular weight excluding hydrogens is 371 g/mol. The minimum atomic E-state index is -0.339. The van der Waals surface area contributed by atoms with E-state index in [1.807, 2.05) is 24.3 Å². The second kappa shape index (κ2) is 7.79. The van der Waals surface area contributed by atoms with Crippen molar-refractivity contribution in [1.29, 1.82) is 0 Å². The monoisotopic (exact) mass is 390 g/mol. The standard InChI is InChI=1S/C19H20BrFN2O/c20-15-6-4-5-14(11-15)12-19(24)22-17-13-16(21)7-8-18(17)23-9-2-1-3-10-23/h4-8,11,13H,1-3,9-10,12H2,(H,22,24). The van der Waals surface area contributed by atoms with Crippen molar-refractivity contribution in [2.75, 3.05) is 23.3 Å². The zero-order valence-electron chi connectivity index (χ0n) is 13.4. The number of hydrogen-bond acceptors (Lipinski definition) is 2. The number of carbonyl (C=O) groups is 1. The highest BCUT2D eigenvalue weighted by Gasteiger charge is 2.16. The van der Waals surface area contributed by atoms with Gasteiger partial charge in [0.15, 0.2) is 0 Å². The van der Waals surface area contributed by atoms with Crippen LogP contribution < -0.4 is 10.2 Å². The van der Waals surface area contributed by atoms with Crippen molar-refractivity contribution in [3.05, 3.63) is 58.3 Å². The van der Waals surface area contributed by atoms with E-state index < -0.39 is 0 Å². The lowest BCUT2D eigenvalue weighted by Crippen LogP contribution is -2.30. The maximum absolute atomic E-state index is 13.7. The molecule has 126 valence electrons. The second-order valence-corrected chi connectivity index (χ2v) is 6.98. The summed E-state index contributed by atoms with van der Waals surface area (Å²) in [5.74, 6) is -0.481. The fourth-order valence-electron chi connectivity index (χ4n) is 3.05. The fraction of sp³-hybridized carbons (Fsp3) is 0.316. The zero-order chi connectivity index (χ0) is 16.9. The van der Waals surface area contributed by atoms with Gasteiger partial charge in [-0.05, 0) is 55.2 Å². The molecule has 24 heavy (non-hydrogen) atoms. The molecule has 2 aromatic rings. The Kier molecular flexibility index (Phi) is 5.51. The first-order chi connectivity index (χ1) is 11.6. The zero-order valence-corrected chi connectivity index (χ0v) is 15.0. The maximum atomic E-state index is 13.7. The van der Waals surface area contributed by atoms with Crippen molar-refractivity contribution in [1.82, 2.24) is 0 Å². The van der Waals surface area contributed by atoms with Crippen LogP contribution in [-0.4, -0.2) is 19.0 Å². The van der Waals surface area contributed by atoms with E-state index in [1.54, 1.807) is 6.07 Å². The van der Waals surface area contributed by atoms with Gasteiger partial charge in [-0.2, -0.15) is 0 Å². The molecule has 0 atom stereocenters. The number of carbonyl (C=O) groups excluding carboxylic acids is 1. The van der Waals surface area contributed by atoms with E-state index in [9.17, 15) is 9.18 Å². The molecule has 1 N–H and O–H groups in total. The number of amides is 1. The van der Waals surface area contributed by atoms with Crippen molar-refractivity contribution in [3.63, 3.8) is 0 Å². The van der Waals surface area contributed by atoms with Gasteiger partial charge in [0.1, 0.15) is 5.82 Å². The number of rotatable bonds is 4. The molecule has 2 aromatic carbocycles. The number of piperidine rings is 1. The first-order valence-corrected chi connectivity index (χ1v) is 9.00. The summed E-state index contributed by atoms with van der Waals surface area (Å²) < 4.78 is 14.6. The SMILES string of the molecule is O=C(Cc1cccc(Br)c1)Nc1cc(F)ccc1N1CCCCC1. The van der Waals surface area contributed by atoms with Crippen molar-refractivity contribution >= 4 is 33.2 Å². The van der Waals surface area contributed by atoms with Crippen LogP contribution in [0.4, 0.5) is 15.8 Å². The van der Waals surface area contributed by atoms with Gasteiger partial charge >= 0.3 is 0 Å². The lowest BCUT2D eigenvalue weighted by atomic mass is 10.1. The molecule has 1 aliphatic heterocycles. The largest absolute Gasteiger partial charge is 0.370 e. The summed E-state index contributed by atoms with van der Waals surface area (Å²) in [4.78, 5) is 14.6. The average Bonchev–Trinajstić information content (AvgIpc) is 2.55. The van der Waals surface area contributed by atoms with Crippen LogP contribution in [0.1, 0.15) is 24.8 Å². The fourth-order valence-corrected chi connectivity index (χ4v) is 3.49. The van der Waals surface area contributed by atoms with Gasteiger partial charge in [0, 0.05) is 17.6 Å². The minimum Gasteiger partial charge on any atom is -0.370 e. The summed E-state index contributed by atoms with van der Waals surface area (Å²) in [6.07, 6.45) is 3.74. The first kappa shape index (κ1) is 17.0. The number of nitrogens with one attached hydrogen (secondary N) is 1. The summed E-state index contributed by atoms with van der Waals surface area (Å²) in [5.41, 5.74) is 2.37. The molecule has 1 amide bonds. The van der Waals surface area contributed by atoms with Gasteiger partial charge in [-0.15, -0.1) is 0 Å². The van der Waals surface area contributed by atoms with Gasteiger partial charge in [0.25, 0.3) is 0 Å². The maximum Gasteiger partial charge on any atom is 0.228 e. The molecule has 1 fully saturated rings. The second-order valence-electron chi connectivity index (χ2n) is 6.06. The molecule has 0 aromatic heterocycles. The molecule has 1 aliphatic rings. The van der Waals surface area contributed by atoms with Gasteiger partial charge < -0.3 is 10.2 Å². The molecule has 0 aliphatic carbocycles. The Hall–Kier alpha value is -1.88. The third-order valence-electron chi connectivity index (χ3n) is 4.18. The van der Waals surface area contributed by atoms with Crippen molar-refractivity contribution in [3.8, 4) is 0 Å². The molecule has 0 unspecified atom stereocenters. The van der Waals surface area contributed by atoms with Gasteiger partial charge in [0.05, 0.1) is 17.8 Å². The Labute approximate surface area is 150 Å². The lowest BCUT2D eigenvalue weighted by molar-refractivity contribution is -0.115. The molecule has 0 saturated carbocycles. The predicted molar refractivity (Wildman–Crippen MR) is 98.9 cm³/mol. The highest BCUT2D eigenvalue weighted by Crippen LogP contribution is 2.29. The topological polar surface area (TPSA) is 32.3 Å². The molecule has 5 heteroatoms. The Bertz CT molecular complexity index is 729. The molecule has 0 spiro atoms. The van der Waals surface area contributed by atoms with Crippen LogP contribution in [0.3, 0.4) is 0 Å². The molecular formula is C19H20BrFN2O. The number of anilines is 2. The van der Waals surface area contributed by atoms with Crippen LogP contribution in [0.5, 0.6) is 0 Å². The van der Waals surface area contributed by atoms with Crippen LogP contribution in [0, 0.1) is 5.82 Å². The predicted octanol–water partition coefficient (Wildman–Crippen LogP) is 4.76. The summed E-state index contributed by atoms with van der Waals surface area (Å²) in [6, 6.07) is 12.3. The van der Waals surface area contributed by atoms with Crippen molar-refractivity contribution in [2.45, 2.75) is 25.7 Å². The van der Waals surface area contributed by atoms with Gasteiger partial charge in [-0.25, -0.2) is 4.39 Å². The Morgan fingerprint density at radius 1 is 1.12 bits per heavy atom. The third kappa shape index (κ3) is 4.35.